The van der Waals surface area contributed by atoms with Crippen LogP contribution in [0, 0.1) is 11.3 Å². The van der Waals surface area contributed by atoms with Crippen LogP contribution in [-0.2, 0) is 22.5 Å². The summed E-state index contributed by atoms with van der Waals surface area (Å²) in [6, 6.07) is 11.8. The molecule has 0 radical (unpaired) electrons. The van der Waals surface area contributed by atoms with Crippen molar-refractivity contribution in [2.75, 3.05) is 38.1 Å². The Hall–Kier alpha value is -3.15. The average molecular weight is 451 g/mol. The zero-order valence-electron chi connectivity index (χ0n) is 17.9. The molecule has 3 heterocycles. The monoisotopic (exact) mass is 450 g/mol. The molecule has 0 spiro atoms. The van der Waals surface area contributed by atoms with Crippen LogP contribution in [0.5, 0.6) is 0 Å². The van der Waals surface area contributed by atoms with Gasteiger partial charge in [-0.3, -0.25) is 9.69 Å². The Labute approximate surface area is 191 Å². The smallest absolute Gasteiger partial charge is 0.410 e. The second kappa shape index (κ2) is 10.4. The van der Waals surface area contributed by atoms with Gasteiger partial charge in [0.05, 0.1) is 12.1 Å². The van der Waals surface area contributed by atoms with Crippen LogP contribution in [0.4, 0.5) is 9.80 Å². The number of carbonyl (C=O) groups excluding carboxylic acids is 2. The van der Waals surface area contributed by atoms with Gasteiger partial charge in [0.1, 0.15) is 17.7 Å². The van der Waals surface area contributed by atoms with Crippen molar-refractivity contribution in [3.63, 3.8) is 0 Å². The maximum atomic E-state index is 12.5. The Balaban J connectivity index is 1.35. The first-order chi connectivity index (χ1) is 15.6. The van der Waals surface area contributed by atoms with E-state index in [0.717, 1.165) is 35.6 Å². The third-order valence-electron chi connectivity index (χ3n) is 5.72. The number of anilines is 1. The number of hydrogen-bond donors (Lipinski definition) is 1. The Kier molecular flexibility index (Phi) is 7.20. The molecule has 1 N–H and O–H groups in total. The number of carbonyl (C=O) groups is 2. The van der Waals surface area contributed by atoms with Gasteiger partial charge < -0.3 is 15.0 Å². The van der Waals surface area contributed by atoms with Gasteiger partial charge >= 0.3 is 6.09 Å². The lowest BCUT2D eigenvalue weighted by Crippen LogP contribution is -2.37. The quantitative estimate of drug-likeness (QED) is 0.676. The molecule has 4 rings (SSSR count). The summed E-state index contributed by atoms with van der Waals surface area (Å²) in [5.41, 5.74) is 2.34. The number of ether oxygens (including phenoxy) is 1. The van der Waals surface area contributed by atoms with Crippen LogP contribution in [0.3, 0.4) is 0 Å². The number of thiophene rings is 1. The van der Waals surface area contributed by atoms with E-state index in [1.807, 2.05) is 30.3 Å². The van der Waals surface area contributed by atoms with Gasteiger partial charge in [-0.05, 0) is 49.6 Å². The minimum Gasteiger partial charge on any atom is -0.448 e. The van der Waals surface area contributed by atoms with Crippen LogP contribution >= 0.6 is 11.3 Å². The molecule has 8 heteroatoms. The highest BCUT2D eigenvalue weighted by molar-refractivity contribution is 7.16. The molecular formula is C24H26N4O3S. The van der Waals surface area contributed by atoms with Gasteiger partial charge in [0.2, 0.25) is 5.91 Å². The lowest BCUT2D eigenvalue weighted by Gasteiger charge is -2.26. The highest BCUT2D eigenvalue weighted by Crippen LogP contribution is 2.36. The zero-order valence-corrected chi connectivity index (χ0v) is 18.7. The van der Waals surface area contributed by atoms with Gasteiger partial charge in [-0.2, -0.15) is 5.26 Å². The van der Waals surface area contributed by atoms with Crippen molar-refractivity contribution >= 4 is 34.4 Å². The van der Waals surface area contributed by atoms with Crippen LogP contribution in [0.25, 0.3) is 6.08 Å². The molecule has 1 saturated heterocycles. The van der Waals surface area contributed by atoms with E-state index in [0.29, 0.717) is 36.7 Å². The summed E-state index contributed by atoms with van der Waals surface area (Å²) >= 11 is 1.36. The minimum absolute atomic E-state index is 0.290. The Morgan fingerprint density at radius 2 is 1.97 bits per heavy atom. The average Bonchev–Trinajstić information content (AvgIpc) is 3.45. The van der Waals surface area contributed by atoms with Crippen molar-refractivity contribution in [2.45, 2.75) is 25.8 Å². The third-order valence-corrected chi connectivity index (χ3v) is 6.85. The van der Waals surface area contributed by atoms with E-state index in [9.17, 15) is 14.9 Å². The van der Waals surface area contributed by atoms with E-state index in [2.05, 4.69) is 16.3 Å². The molecule has 2 aliphatic heterocycles. The van der Waals surface area contributed by atoms with Gasteiger partial charge in [0.25, 0.3) is 0 Å². The zero-order chi connectivity index (χ0) is 22.3. The lowest BCUT2D eigenvalue weighted by atomic mass is 10.0. The Bertz CT molecular complexity index is 1040. The molecule has 0 unspecified atom stereocenters. The summed E-state index contributed by atoms with van der Waals surface area (Å²) in [5.74, 6) is -0.290. The van der Waals surface area contributed by atoms with Crippen LogP contribution in [0.15, 0.2) is 36.4 Å². The maximum Gasteiger partial charge on any atom is 0.410 e. The lowest BCUT2D eigenvalue weighted by molar-refractivity contribution is -0.111. The number of fused-ring (bicyclic) bond motifs is 1. The second-order valence-electron chi connectivity index (χ2n) is 7.89. The number of nitrogens with zero attached hydrogens (tertiary/aromatic N) is 3. The first-order valence-electron chi connectivity index (χ1n) is 10.9. The molecular weight excluding hydrogens is 424 g/mol. The van der Waals surface area contributed by atoms with Crippen LogP contribution in [-0.4, -0.2) is 54.6 Å². The fourth-order valence-corrected chi connectivity index (χ4v) is 5.23. The Morgan fingerprint density at radius 3 is 2.72 bits per heavy atom. The van der Waals surface area contributed by atoms with E-state index < -0.39 is 0 Å². The van der Waals surface area contributed by atoms with Crippen molar-refractivity contribution in [1.29, 1.82) is 5.26 Å². The SMILES string of the molecule is N#Cc1c(NC(=O)C=Cc2ccccc2)sc2c1CCN(C(=O)OCCN1CCCC1)C2. The van der Waals surface area contributed by atoms with E-state index in [-0.39, 0.29) is 12.0 Å². The van der Waals surface area contributed by atoms with Gasteiger partial charge in [0, 0.05) is 24.0 Å². The second-order valence-corrected chi connectivity index (χ2v) is 8.99. The highest BCUT2D eigenvalue weighted by Gasteiger charge is 2.28. The fraction of sp³-hybridized carbons (Fsp3) is 0.375. The van der Waals surface area contributed by atoms with Crippen molar-refractivity contribution < 1.29 is 14.3 Å². The largest absolute Gasteiger partial charge is 0.448 e. The third kappa shape index (κ3) is 5.36. The Morgan fingerprint density at radius 1 is 1.19 bits per heavy atom. The summed E-state index contributed by atoms with van der Waals surface area (Å²) in [6.45, 7) is 4.22. The summed E-state index contributed by atoms with van der Waals surface area (Å²) in [7, 11) is 0. The number of likely N-dealkylation sites (tertiary alicyclic amines) is 1. The molecule has 7 nitrogen and oxygen atoms in total. The molecule has 0 aliphatic carbocycles. The molecule has 1 fully saturated rings. The van der Waals surface area contributed by atoms with Crippen LogP contribution < -0.4 is 5.32 Å². The predicted molar refractivity (Wildman–Crippen MR) is 124 cm³/mol. The molecule has 0 atom stereocenters. The van der Waals surface area contributed by atoms with Crippen LogP contribution in [0.1, 0.15) is 34.4 Å². The normalized spacial score (nSPS) is 16.0. The highest BCUT2D eigenvalue weighted by atomic mass is 32.1. The minimum atomic E-state index is -0.321. The standard InChI is InChI=1S/C24H26N4O3S/c25-16-20-19-10-13-28(24(30)31-15-14-27-11-4-5-12-27)17-21(19)32-23(20)26-22(29)9-8-18-6-2-1-3-7-18/h1-3,6-9H,4-5,10-15,17H2,(H,26,29). The van der Waals surface area contributed by atoms with E-state index in [4.69, 9.17) is 4.74 Å². The molecule has 166 valence electrons. The molecule has 32 heavy (non-hydrogen) atoms. The van der Waals surface area contributed by atoms with Gasteiger partial charge in [-0.25, -0.2) is 4.79 Å². The topological polar surface area (TPSA) is 85.7 Å². The van der Waals surface area contributed by atoms with E-state index in [1.165, 1.54) is 30.3 Å². The summed E-state index contributed by atoms with van der Waals surface area (Å²) < 4.78 is 5.47. The van der Waals surface area contributed by atoms with Gasteiger partial charge in [-0.1, -0.05) is 30.3 Å². The van der Waals surface area contributed by atoms with Crippen molar-refractivity contribution in [3.8, 4) is 6.07 Å². The van der Waals surface area contributed by atoms with Gasteiger partial charge in [-0.15, -0.1) is 11.3 Å². The molecule has 1 aromatic carbocycles. The number of nitriles is 1. The molecule has 2 aromatic rings. The van der Waals surface area contributed by atoms with Crippen molar-refractivity contribution in [2.24, 2.45) is 0 Å². The summed E-state index contributed by atoms with van der Waals surface area (Å²) in [5, 5.41) is 13.0. The fourth-order valence-electron chi connectivity index (χ4n) is 4.01. The van der Waals surface area contributed by atoms with Crippen molar-refractivity contribution in [1.82, 2.24) is 9.80 Å². The van der Waals surface area contributed by atoms with E-state index >= 15 is 0 Å². The summed E-state index contributed by atoms with van der Waals surface area (Å²) in [6.07, 6.45) is 5.87. The van der Waals surface area contributed by atoms with Crippen molar-refractivity contribution in [3.05, 3.63) is 58.0 Å². The predicted octanol–water partition coefficient (Wildman–Crippen LogP) is 3.86. The number of amides is 2. The molecule has 0 saturated carbocycles. The molecule has 1 aromatic heterocycles. The number of benzene rings is 1. The molecule has 2 amide bonds. The van der Waals surface area contributed by atoms with Gasteiger partial charge in [0.15, 0.2) is 0 Å². The molecule has 2 aliphatic rings. The number of nitrogens with one attached hydrogen (secondary N) is 1. The first-order valence-corrected chi connectivity index (χ1v) is 11.7. The van der Waals surface area contributed by atoms with E-state index in [1.54, 1.807) is 11.0 Å². The maximum absolute atomic E-state index is 12.5. The van der Waals surface area contributed by atoms with Crippen LogP contribution in [0.2, 0.25) is 0 Å². The number of hydrogen-bond acceptors (Lipinski definition) is 6. The number of rotatable bonds is 6. The molecule has 0 bridgehead atoms. The summed E-state index contributed by atoms with van der Waals surface area (Å²) in [4.78, 5) is 29.8. The first kappa shape index (κ1) is 22.1.